The Morgan fingerprint density at radius 3 is 2.50 bits per heavy atom. The summed E-state index contributed by atoms with van der Waals surface area (Å²) in [6, 6.07) is 10.2. The van der Waals surface area contributed by atoms with Gasteiger partial charge in [-0.15, -0.1) is 0 Å². The second kappa shape index (κ2) is 2.83. The molecular weight excluding hydrogens is 172 g/mol. The summed E-state index contributed by atoms with van der Waals surface area (Å²) in [6.07, 6.45) is 4.78. The fourth-order valence-corrected chi connectivity index (χ4v) is 3.38. The molecule has 74 valence electrons. The zero-order chi connectivity index (χ0) is 9.60. The molecule has 1 nitrogen and oxygen atoms in total. The highest BCUT2D eigenvalue weighted by Gasteiger charge is 2.50. The molecule has 0 heterocycles. The summed E-state index contributed by atoms with van der Waals surface area (Å²) < 4.78 is 0. The molecule has 0 saturated heterocycles. The van der Waals surface area contributed by atoms with Crippen LogP contribution in [0.4, 0.5) is 0 Å². The van der Waals surface area contributed by atoms with Crippen molar-refractivity contribution in [3.05, 3.63) is 35.9 Å². The minimum atomic E-state index is -0.496. The van der Waals surface area contributed by atoms with Crippen LogP contribution in [-0.4, -0.2) is 5.11 Å². The quantitative estimate of drug-likeness (QED) is 0.718. The van der Waals surface area contributed by atoms with Gasteiger partial charge in [-0.1, -0.05) is 30.3 Å². The summed E-state index contributed by atoms with van der Waals surface area (Å²) >= 11 is 0. The lowest BCUT2D eigenvalue weighted by atomic mass is 9.79. The van der Waals surface area contributed by atoms with Gasteiger partial charge in [0, 0.05) is 0 Å². The monoisotopic (exact) mass is 188 g/mol. The molecule has 0 aliphatic heterocycles. The molecule has 14 heavy (non-hydrogen) atoms. The van der Waals surface area contributed by atoms with Gasteiger partial charge in [0.15, 0.2) is 0 Å². The van der Waals surface area contributed by atoms with Crippen LogP contribution in [-0.2, 0) is 5.60 Å². The zero-order valence-electron chi connectivity index (χ0n) is 8.32. The van der Waals surface area contributed by atoms with E-state index in [9.17, 15) is 5.11 Å². The lowest BCUT2D eigenvalue weighted by Gasteiger charge is -2.32. The van der Waals surface area contributed by atoms with Crippen LogP contribution < -0.4 is 0 Å². The predicted molar refractivity (Wildman–Crippen MR) is 55.8 cm³/mol. The van der Waals surface area contributed by atoms with Crippen molar-refractivity contribution < 1.29 is 5.11 Å². The number of hydrogen-bond acceptors (Lipinski definition) is 1. The predicted octanol–water partition coefficient (Wildman–Crippen LogP) is 2.69. The van der Waals surface area contributed by atoms with Gasteiger partial charge >= 0.3 is 0 Å². The van der Waals surface area contributed by atoms with Gasteiger partial charge in [-0.05, 0) is 43.1 Å². The molecule has 2 fully saturated rings. The SMILES string of the molecule is O[C@@]1(c2ccccc2)C[C@H]2CC[C@@H]1C2. The molecule has 3 rings (SSSR count). The van der Waals surface area contributed by atoms with Crippen molar-refractivity contribution in [1.82, 2.24) is 0 Å². The molecule has 1 N–H and O–H groups in total. The maximum absolute atomic E-state index is 10.7. The largest absolute Gasteiger partial charge is 0.385 e. The van der Waals surface area contributed by atoms with Crippen molar-refractivity contribution in [2.45, 2.75) is 31.3 Å². The topological polar surface area (TPSA) is 20.2 Å². The van der Waals surface area contributed by atoms with Gasteiger partial charge < -0.3 is 5.11 Å². The average Bonchev–Trinajstić information content (AvgIpc) is 2.79. The third-order valence-electron chi connectivity index (χ3n) is 4.09. The van der Waals surface area contributed by atoms with Crippen LogP contribution >= 0.6 is 0 Å². The van der Waals surface area contributed by atoms with Gasteiger partial charge in [-0.25, -0.2) is 0 Å². The molecule has 1 heteroatoms. The standard InChI is InChI=1S/C13H16O/c14-13(11-4-2-1-3-5-11)9-10-6-7-12(13)8-10/h1-5,10,12,14H,6-9H2/t10-,12+,13+/m0/s1. The van der Waals surface area contributed by atoms with Crippen LogP contribution in [0.25, 0.3) is 0 Å². The average molecular weight is 188 g/mol. The smallest absolute Gasteiger partial charge is 0.0927 e. The van der Waals surface area contributed by atoms with E-state index < -0.39 is 5.60 Å². The van der Waals surface area contributed by atoms with Crippen molar-refractivity contribution in [2.24, 2.45) is 11.8 Å². The van der Waals surface area contributed by atoms with Gasteiger partial charge in [0.25, 0.3) is 0 Å². The molecule has 3 atom stereocenters. The molecule has 2 bridgehead atoms. The fraction of sp³-hybridized carbons (Fsp3) is 0.538. The molecule has 0 amide bonds. The Morgan fingerprint density at radius 1 is 1.14 bits per heavy atom. The first-order valence-corrected chi connectivity index (χ1v) is 5.57. The highest BCUT2D eigenvalue weighted by molar-refractivity contribution is 5.26. The summed E-state index contributed by atoms with van der Waals surface area (Å²) in [5.41, 5.74) is 0.636. The third-order valence-corrected chi connectivity index (χ3v) is 4.09. The molecule has 2 saturated carbocycles. The van der Waals surface area contributed by atoms with Crippen molar-refractivity contribution >= 4 is 0 Å². The molecule has 1 aromatic carbocycles. The Bertz CT molecular complexity index is 332. The second-order valence-electron chi connectivity index (χ2n) is 4.87. The summed E-state index contributed by atoms with van der Waals surface area (Å²) in [7, 11) is 0. The van der Waals surface area contributed by atoms with E-state index in [1.54, 1.807) is 0 Å². The maximum atomic E-state index is 10.7. The second-order valence-corrected chi connectivity index (χ2v) is 4.87. The van der Waals surface area contributed by atoms with Crippen molar-refractivity contribution in [3.63, 3.8) is 0 Å². The van der Waals surface area contributed by atoms with Crippen molar-refractivity contribution in [2.75, 3.05) is 0 Å². The van der Waals surface area contributed by atoms with Crippen LogP contribution in [0.3, 0.4) is 0 Å². The van der Waals surface area contributed by atoms with Crippen LogP contribution in [0.15, 0.2) is 30.3 Å². The molecule has 0 unspecified atom stereocenters. The van der Waals surface area contributed by atoms with Crippen LogP contribution in [0.5, 0.6) is 0 Å². The van der Waals surface area contributed by atoms with Crippen LogP contribution in [0, 0.1) is 11.8 Å². The first kappa shape index (κ1) is 8.49. The summed E-state index contributed by atoms with van der Waals surface area (Å²) in [5.74, 6) is 1.31. The van der Waals surface area contributed by atoms with E-state index in [1.165, 1.54) is 19.3 Å². The third kappa shape index (κ3) is 1.05. The first-order chi connectivity index (χ1) is 6.79. The van der Waals surface area contributed by atoms with Gasteiger partial charge in [0.05, 0.1) is 5.60 Å². The lowest BCUT2D eigenvalue weighted by molar-refractivity contribution is -0.0182. The van der Waals surface area contributed by atoms with E-state index in [1.807, 2.05) is 18.2 Å². The molecule has 0 spiro atoms. The van der Waals surface area contributed by atoms with Gasteiger partial charge in [-0.2, -0.15) is 0 Å². The van der Waals surface area contributed by atoms with Crippen LogP contribution in [0.2, 0.25) is 0 Å². The Labute approximate surface area is 84.8 Å². The summed E-state index contributed by atoms with van der Waals surface area (Å²) in [4.78, 5) is 0. The van der Waals surface area contributed by atoms with E-state index in [2.05, 4.69) is 12.1 Å². The normalized spacial score (nSPS) is 40.4. The van der Waals surface area contributed by atoms with E-state index >= 15 is 0 Å². The Kier molecular flexibility index (Phi) is 1.72. The summed E-state index contributed by atoms with van der Waals surface area (Å²) in [5, 5.41) is 10.7. The number of benzene rings is 1. The van der Waals surface area contributed by atoms with Crippen molar-refractivity contribution in [1.29, 1.82) is 0 Å². The van der Waals surface area contributed by atoms with E-state index in [-0.39, 0.29) is 0 Å². The molecular formula is C13H16O. The van der Waals surface area contributed by atoms with Gasteiger partial charge in [-0.3, -0.25) is 0 Å². The van der Waals surface area contributed by atoms with E-state index in [0.29, 0.717) is 5.92 Å². The number of rotatable bonds is 1. The highest BCUT2D eigenvalue weighted by atomic mass is 16.3. The van der Waals surface area contributed by atoms with Crippen LogP contribution in [0.1, 0.15) is 31.2 Å². The first-order valence-electron chi connectivity index (χ1n) is 5.57. The Hall–Kier alpha value is -0.820. The molecule has 0 radical (unpaired) electrons. The van der Waals surface area contributed by atoms with Gasteiger partial charge in [0.1, 0.15) is 0 Å². The summed E-state index contributed by atoms with van der Waals surface area (Å²) in [6.45, 7) is 0. The highest BCUT2D eigenvalue weighted by Crippen LogP contribution is 2.55. The lowest BCUT2D eigenvalue weighted by Crippen LogP contribution is -2.31. The maximum Gasteiger partial charge on any atom is 0.0927 e. The van der Waals surface area contributed by atoms with E-state index in [0.717, 1.165) is 17.9 Å². The molecule has 1 aromatic rings. The minimum absolute atomic E-state index is 0.496. The number of fused-ring (bicyclic) bond motifs is 2. The van der Waals surface area contributed by atoms with E-state index in [4.69, 9.17) is 0 Å². The van der Waals surface area contributed by atoms with Crippen molar-refractivity contribution in [3.8, 4) is 0 Å². The minimum Gasteiger partial charge on any atom is -0.385 e. The number of hydrogen-bond donors (Lipinski definition) is 1. The Morgan fingerprint density at radius 2 is 1.93 bits per heavy atom. The molecule has 2 aliphatic carbocycles. The zero-order valence-corrected chi connectivity index (χ0v) is 8.32. The molecule has 2 aliphatic rings. The fourth-order valence-electron chi connectivity index (χ4n) is 3.38. The number of aliphatic hydroxyl groups is 1. The van der Waals surface area contributed by atoms with Gasteiger partial charge in [0.2, 0.25) is 0 Å². The molecule has 0 aromatic heterocycles. The Balaban J connectivity index is 1.98.